The van der Waals surface area contributed by atoms with Gasteiger partial charge in [-0.3, -0.25) is 4.98 Å². The van der Waals surface area contributed by atoms with Gasteiger partial charge in [0, 0.05) is 31.1 Å². The number of benzene rings is 8. The normalized spacial score (nSPS) is 12.2. The number of nitrogens with zero attached hydrogens (tertiary/aromatic N) is 3. The van der Waals surface area contributed by atoms with Gasteiger partial charge in [0.1, 0.15) is 5.58 Å². The monoisotopic (exact) mass is 1130 g/mol. The fourth-order valence-electron chi connectivity index (χ4n) is 9.28. The molecule has 3 heterocycles. The second kappa shape index (κ2) is 19.0. The molecule has 4 nitrogen and oxygen atoms in total. The largest absolute Gasteiger partial charge is 0 e. The van der Waals surface area contributed by atoms with Gasteiger partial charge in [-0.25, -0.2) is 0 Å². The molecule has 8 aromatic carbocycles. The van der Waals surface area contributed by atoms with Gasteiger partial charge >= 0.3 is 120 Å². The molecule has 0 saturated heterocycles. The van der Waals surface area contributed by atoms with Crippen LogP contribution in [0.2, 0.25) is 17.3 Å². The van der Waals surface area contributed by atoms with Crippen molar-refractivity contribution in [3.63, 3.8) is 0 Å². The molecule has 0 fully saturated rings. The second-order valence-electron chi connectivity index (χ2n) is 19.7. The molecule has 0 N–H and O–H groups in total. The molecule has 0 aliphatic rings. The first-order valence-electron chi connectivity index (χ1n) is 23.6. The Morgan fingerprint density at radius 2 is 1.35 bits per heavy atom. The topological polar surface area (TPSA) is 43.9 Å². The average Bonchev–Trinajstić information content (AvgIpc) is 3.90. The van der Waals surface area contributed by atoms with E-state index in [0.717, 1.165) is 94.5 Å². The molecular formula is C62H55GeIrN3O-2. The molecule has 0 saturated carbocycles. The molecule has 0 bridgehead atoms. The summed E-state index contributed by atoms with van der Waals surface area (Å²) in [6.07, 6.45) is 2.00. The predicted octanol–water partition coefficient (Wildman–Crippen LogP) is 16.4. The van der Waals surface area contributed by atoms with Crippen molar-refractivity contribution in [2.75, 3.05) is 0 Å². The Morgan fingerprint density at radius 3 is 2.03 bits per heavy atom. The molecule has 339 valence electrons. The van der Waals surface area contributed by atoms with E-state index in [2.05, 4.69) is 199 Å². The van der Waals surface area contributed by atoms with E-state index in [1.165, 1.54) is 15.3 Å². The molecule has 11 rings (SSSR count). The summed E-state index contributed by atoms with van der Waals surface area (Å²) in [4.78, 5) is 10.0. The number of furan rings is 1. The molecule has 1 radical (unpaired) electrons. The van der Waals surface area contributed by atoms with E-state index in [9.17, 15) is 0 Å². The smallest absolute Gasteiger partial charge is 0 e. The SMILES string of the molecule is CC(C)(C)c1cccc(-c2ccccc2)c1-n1c(-c2[c-]ccc3c2oc2cc(-c4ccccc4)ccc23)nc2cc3ccccc3cc21.[2H]C(C)(C)c1cc(-c2[c-]cccc2)nc[c]1[Ge]([CH3])([CH3])[CH3].[Ir]. The fourth-order valence-corrected chi connectivity index (χ4v) is 12.6. The van der Waals surface area contributed by atoms with E-state index in [-0.39, 0.29) is 25.5 Å². The third-order valence-electron chi connectivity index (χ3n) is 12.7. The van der Waals surface area contributed by atoms with Crippen LogP contribution in [-0.4, -0.2) is 27.8 Å². The van der Waals surface area contributed by atoms with Gasteiger partial charge in [0.25, 0.3) is 0 Å². The van der Waals surface area contributed by atoms with Gasteiger partial charge in [-0.2, -0.15) is 0 Å². The summed E-state index contributed by atoms with van der Waals surface area (Å²) in [7, 11) is 0. The van der Waals surface area contributed by atoms with Gasteiger partial charge < -0.3 is 8.98 Å². The zero-order valence-electron chi connectivity index (χ0n) is 40.9. The Labute approximate surface area is 418 Å². The number of para-hydroxylation sites is 1. The van der Waals surface area contributed by atoms with Crippen molar-refractivity contribution in [2.45, 2.75) is 63.2 Å². The number of hydrogen-bond acceptors (Lipinski definition) is 3. The van der Waals surface area contributed by atoms with E-state index < -0.39 is 19.2 Å². The number of hydrogen-bond donors (Lipinski definition) is 0. The minimum atomic E-state index is -2.03. The van der Waals surface area contributed by atoms with Crippen LogP contribution in [0.3, 0.4) is 0 Å². The van der Waals surface area contributed by atoms with Crippen molar-refractivity contribution >= 4 is 61.4 Å². The van der Waals surface area contributed by atoms with Gasteiger partial charge in [-0.15, -0.1) is 18.2 Å². The summed E-state index contributed by atoms with van der Waals surface area (Å²) < 4.78 is 18.9. The Hall–Kier alpha value is -6.37. The maximum atomic E-state index is 8.44. The van der Waals surface area contributed by atoms with E-state index in [1.807, 2.05) is 56.4 Å². The van der Waals surface area contributed by atoms with Crippen molar-refractivity contribution in [3.8, 4) is 50.6 Å². The van der Waals surface area contributed by atoms with Crippen LogP contribution >= 0.6 is 0 Å². The maximum Gasteiger partial charge on any atom is 0 e. The van der Waals surface area contributed by atoms with E-state index in [1.54, 1.807) is 0 Å². The minimum Gasteiger partial charge on any atom is 0 e. The Morgan fingerprint density at radius 1 is 0.662 bits per heavy atom. The first kappa shape index (κ1) is 45.4. The molecular weight excluding hydrogens is 1070 g/mol. The zero-order chi connectivity index (χ0) is 47.4. The molecule has 0 unspecified atom stereocenters. The summed E-state index contributed by atoms with van der Waals surface area (Å²) >= 11 is -2.03. The number of fused-ring (bicyclic) bond motifs is 5. The Balaban J connectivity index is 0.000000238. The second-order valence-corrected chi connectivity index (χ2v) is 30.3. The number of rotatable bonds is 7. The van der Waals surface area contributed by atoms with Crippen LogP contribution in [-0.2, 0) is 25.5 Å². The minimum absolute atomic E-state index is 0. The Kier molecular flexibility index (Phi) is 12.7. The van der Waals surface area contributed by atoms with Crippen LogP contribution in [0.15, 0.2) is 187 Å². The van der Waals surface area contributed by atoms with Crippen molar-refractivity contribution < 1.29 is 25.9 Å². The fraction of sp³-hybridized carbons (Fsp3) is 0.161. The first-order valence-corrected chi connectivity index (χ1v) is 30.5. The Bertz CT molecular complexity index is 3620. The van der Waals surface area contributed by atoms with E-state index in [4.69, 9.17) is 10.8 Å². The third kappa shape index (κ3) is 9.03. The summed E-state index contributed by atoms with van der Waals surface area (Å²) in [6, 6.07) is 68.1. The van der Waals surface area contributed by atoms with Crippen LogP contribution in [0.4, 0.5) is 0 Å². The van der Waals surface area contributed by atoms with Gasteiger partial charge in [0.2, 0.25) is 0 Å². The van der Waals surface area contributed by atoms with Crippen LogP contribution in [0.5, 0.6) is 0 Å². The van der Waals surface area contributed by atoms with Crippen LogP contribution < -0.4 is 4.40 Å². The molecule has 0 amide bonds. The average molecular weight is 1120 g/mol. The molecule has 0 aliphatic carbocycles. The summed E-state index contributed by atoms with van der Waals surface area (Å²) in [6.45, 7) is 10.8. The number of imidazole rings is 1. The van der Waals surface area contributed by atoms with Crippen LogP contribution in [0, 0.1) is 12.1 Å². The quantitative estimate of drug-likeness (QED) is 0.118. The molecule has 3 aromatic heterocycles. The molecule has 0 atom stereocenters. The van der Waals surface area contributed by atoms with E-state index >= 15 is 0 Å². The predicted molar refractivity (Wildman–Crippen MR) is 285 cm³/mol. The number of pyridine rings is 1. The van der Waals surface area contributed by atoms with Gasteiger partial charge in [0.15, 0.2) is 0 Å². The zero-order valence-corrected chi connectivity index (χ0v) is 44.4. The maximum absolute atomic E-state index is 8.44. The van der Waals surface area contributed by atoms with Gasteiger partial charge in [0.05, 0.1) is 28.1 Å². The van der Waals surface area contributed by atoms with Crippen molar-refractivity contribution in [2.24, 2.45) is 0 Å². The molecule has 0 aliphatic heterocycles. The number of aromatic nitrogens is 3. The van der Waals surface area contributed by atoms with Crippen molar-refractivity contribution in [1.82, 2.24) is 14.5 Å². The van der Waals surface area contributed by atoms with Gasteiger partial charge in [-0.05, 0) is 56.6 Å². The van der Waals surface area contributed by atoms with E-state index in [0.29, 0.717) is 0 Å². The van der Waals surface area contributed by atoms with Crippen LogP contribution in [0.25, 0.3) is 94.3 Å². The molecule has 11 aromatic rings. The summed E-state index contributed by atoms with van der Waals surface area (Å²) in [5.41, 5.74) is 14.3. The summed E-state index contributed by atoms with van der Waals surface area (Å²) in [5.74, 6) is 7.25. The van der Waals surface area contributed by atoms with Gasteiger partial charge in [-0.1, -0.05) is 147 Å². The van der Waals surface area contributed by atoms with Crippen molar-refractivity contribution in [3.05, 3.63) is 205 Å². The van der Waals surface area contributed by atoms with Crippen LogP contribution in [0.1, 0.15) is 53.0 Å². The third-order valence-corrected chi connectivity index (χ3v) is 16.9. The first-order chi connectivity index (χ1) is 32.6. The molecule has 0 spiro atoms. The molecule has 68 heavy (non-hydrogen) atoms. The molecule has 6 heteroatoms. The summed E-state index contributed by atoms with van der Waals surface area (Å²) in [5, 5.41) is 4.46. The van der Waals surface area contributed by atoms with Crippen molar-refractivity contribution in [1.29, 1.82) is 0 Å². The standard InChI is InChI=1S/C45H33N2O.C17H22GeN.Ir/c1-45(2,3)38-23-13-20-34(30-16-8-5-9-17-30)42(38)47-40-27-32-19-11-10-18-31(32)26-39(40)46-44(47)37-22-12-21-36-35-25-24-33(28-41(35)48-43(36)37)29-14-6-4-7-15-29;1-13(2)15-11-17(14-9-7-6-8-10-14)19-12-16(15)18(3,4)5;/h4-21,23-28H,1-3H3;6-9,11-13H,1-5H3;/q2*-1;/i;13D;.